The first-order valence-corrected chi connectivity index (χ1v) is 5.76. The van der Waals surface area contributed by atoms with Crippen LogP contribution >= 0.6 is 0 Å². The van der Waals surface area contributed by atoms with Gasteiger partial charge in [0.25, 0.3) is 0 Å². The standard InChI is InChI=1S/C13H22O2/c1-5-6-12(14)15-11-7-10(2)8-13(3,4)9-11/h5-6,10-11H,7-9H2,1-4H3/b6-5+. The Bertz CT molecular complexity index is 253. The van der Waals surface area contributed by atoms with Crippen LogP contribution in [0.5, 0.6) is 0 Å². The number of rotatable bonds is 2. The van der Waals surface area contributed by atoms with Crippen LogP contribution in [0.3, 0.4) is 0 Å². The monoisotopic (exact) mass is 210 g/mol. The first-order valence-electron chi connectivity index (χ1n) is 5.76. The second kappa shape index (κ2) is 4.82. The Kier molecular flexibility index (Phi) is 3.95. The second-order valence-electron chi connectivity index (χ2n) is 5.47. The van der Waals surface area contributed by atoms with Crippen LogP contribution in [0.4, 0.5) is 0 Å². The van der Waals surface area contributed by atoms with Crippen molar-refractivity contribution in [2.24, 2.45) is 11.3 Å². The molecule has 15 heavy (non-hydrogen) atoms. The van der Waals surface area contributed by atoms with Crippen LogP contribution in [0, 0.1) is 11.3 Å². The number of hydrogen-bond acceptors (Lipinski definition) is 2. The van der Waals surface area contributed by atoms with E-state index in [0.29, 0.717) is 11.3 Å². The van der Waals surface area contributed by atoms with E-state index < -0.39 is 0 Å². The molecule has 2 atom stereocenters. The van der Waals surface area contributed by atoms with Crippen molar-refractivity contribution >= 4 is 5.97 Å². The van der Waals surface area contributed by atoms with Crippen LogP contribution in [-0.4, -0.2) is 12.1 Å². The molecular weight excluding hydrogens is 188 g/mol. The lowest BCUT2D eigenvalue weighted by Gasteiger charge is -2.38. The van der Waals surface area contributed by atoms with Gasteiger partial charge in [-0.15, -0.1) is 0 Å². The smallest absolute Gasteiger partial charge is 0.330 e. The van der Waals surface area contributed by atoms with Gasteiger partial charge in [0, 0.05) is 6.08 Å². The molecule has 1 fully saturated rings. The van der Waals surface area contributed by atoms with Crippen LogP contribution in [0.2, 0.25) is 0 Å². The average molecular weight is 210 g/mol. The molecule has 0 aromatic heterocycles. The fraction of sp³-hybridized carbons (Fsp3) is 0.769. The lowest BCUT2D eigenvalue weighted by atomic mass is 9.71. The highest BCUT2D eigenvalue weighted by Crippen LogP contribution is 2.39. The topological polar surface area (TPSA) is 26.3 Å². The fourth-order valence-corrected chi connectivity index (χ4v) is 2.69. The van der Waals surface area contributed by atoms with Crippen LogP contribution in [-0.2, 0) is 9.53 Å². The SMILES string of the molecule is C/C=C/C(=O)OC1CC(C)CC(C)(C)C1. The van der Waals surface area contributed by atoms with Gasteiger partial charge in [0.15, 0.2) is 0 Å². The lowest BCUT2D eigenvalue weighted by Crippen LogP contribution is -2.33. The Morgan fingerprint density at radius 1 is 1.40 bits per heavy atom. The number of carbonyl (C=O) groups is 1. The van der Waals surface area contributed by atoms with E-state index in [1.165, 1.54) is 12.5 Å². The summed E-state index contributed by atoms with van der Waals surface area (Å²) in [5.41, 5.74) is 0.304. The molecule has 1 aliphatic rings. The van der Waals surface area contributed by atoms with Gasteiger partial charge < -0.3 is 4.74 Å². The Balaban J connectivity index is 2.52. The van der Waals surface area contributed by atoms with Gasteiger partial charge in [-0.2, -0.15) is 0 Å². The van der Waals surface area contributed by atoms with Gasteiger partial charge in [0.2, 0.25) is 0 Å². The van der Waals surface area contributed by atoms with E-state index in [0.717, 1.165) is 12.8 Å². The maximum atomic E-state index is 11.3. The number of hydrogen-bond donors (Lipinski definition) is 0. The predicted octanol–water partition coefficient (Wildman–Crippen LogP) is 3.32. The highest BCUT2D eigenvalue weighted by molar-refractivity contribution is 5.81. The van der Waals surface area contributed by atoms with E-state index in [2.05, 4.69) is 20.8 Å². The largest absolute Gasteiger partial charge is 0.459 e. The van der Waals surface area contributed by atoms with E-state index >= 15 is 0 Å². The third kappa shape index (κ3) is 4.06. The molecule has 86 valence electrons. The van der Waals surface area contributed by atoms with Crippen LogP contribution in [0.1, 0.15) is 47.0 Å². The minimum atomic E-state index is -0.201. The van der Waals surface area contributed by atoms with Gasteiger partial charge in [-0.25, -0.2) is 4.79 Å². The summed E-state index contributed by atoms with van der Waals surface area (Å²) in [4.78, 5) is 11.3. The molecule has 1 aliphatic carbocycles. The summed E-state index contributed by atoms with van der Waals surface area (Å²) >= 11 is 0. The Morgan fingerprint density at radius 3 is 2.60 bits per heavy atom. The molecule has 0 aromatic carbocycles. The summed E-state index contributed by atoms with van der Waals surface area (Å²) in [6.45, 7) is 8.56. The number of ether oxygens (including phenoxy) is 1. The molecule has 2 heteroatoms. The molecule has 0 spiro atoms. The van der Waals surface area contributed by atoms with Crippen molar-refractivity contribution in [1.82, 2.24) is 0 Å². The molecule has 0 radical (unpaired) electrons. The van der Waals surface area contributed by atoms with Crippen molar-refractivity contribution < 1.29 is 9.53 Å². The molecule has 1 saturated carbocycles. The quantitative estimate of drug-likeness (QED) is 0.516. The van der Waals surface area contributed by atoms with Crippen molar-refractivity contribution in [3.8, 4) is 0 Å². The third-order valence-corrected chi connectivity index (χ3v) is 2.93. The predicted molar refractivity (Wildman–Crippen MR) is 61.5 cm³/mol. The first-order chi connectivity index (χ1) is 6.93. The van der Waals surface area contributed by atoms with Crippen molar-refractivity contribution in [1.29, 1.82) is 0 Å². The van der Waals surface area contributed by atoms with E-state index in [1.807, 2.05) is 6.92 Å². The van der Waals surface area contributed by atoms with Crippen molar-refractivity contribution in [3.63, 3.8) is 0 Å². The molecule has 0 amide bonds. The summed E-state index contributed by atoms with van der Waals surface area (Å²) < 4.78 is 5.41. The van der Waals surface area contributed by atoms with Crippen LogP contribution < -0.4 is 0 Å². The Morgan fingerprint density at radius 2 is 2.07 bits per heavy atom. The van der Waals surface area contributed by atoms with Gasteiger partial charge in [0.1, 0.15) is 6.10 Å². The molecule has 0 bridgehead atoms. The van der Waals surface area contributed by atoms with Gasteiger partial charge >= 0.3 is 5.97 Å². The highest BCUT2D eigenvalue weighted by atomic mass is 16.5. The molecule has 0 aliphatic heterocycles. The minimum Gasteiger partial charge on any atom is -0.459 e. The van der Waals surface area contributed by atoms with Gasteiger partial charge in [-0.05, 0) is 37.5 Å². The number of allylic oxidation sites excluding steroid dienone is 1. The number of carbonyl (C=O) groups excluding carboxylic acids is 1. The van der Waals surface area contributed by atoms with Crippen LogP contribution in [0.25, 0.3) is 0 Å². The molecule has 0 aromatic rings. The summed E-state index contributed by atoms with van der Waals surface area (Å²) in [6, 6.07) is 0. The summed E-state index contributed by atoms with van der Waals surface area (Å²) in [6.07, 6.45) is 6.54. The maximum absolute atomic E-state index is 11.3. The summed E-state index contributed by atoms with van der Waals surface area (Å²) in [7, 11) is 0. The molecule has 1 rings (SSSR count). The summed E-state index contributed by atoms with van der Waals surface area (Å²) in [5, 5.41) is 0. The molecule has 0 N–H and O–H groups in total. The second-order valence-corrected chi connectivity index (χ2v) is 5.47. The third-order valence-electron chi connectivity index (χ3n) is 2.93. The zero-order valence-corrected chi connectivity index (χ0v) is 10.2. The zero-order chi connectivity index (χ0) is 11.5. The van der Waals surface area contributed by atoms with Crippen molar-refractivity contribution in [3.05, 3.63) is 12.2 Å². The summed E-state index contributed by atoms with van der Waals surface area (Å²) in [5.74, 6) is 0.449. The molecule has 0 heterocycles. The normalized spacial score (nSPS) is 30.4. The van der Waals surface area contributed by atoms with E-state index in [1.54, 1.807) is 6.08 Å². The number of esters is 1. The molecule has 0 saturated heterocycles. The zero-order valence-electron chi connectivity index (χ0n) is 10.2. The Hall–Kier alpha value is -0.790. The van der Waals surface area contributed by atoms with Gasteiger partial charge in [-0.1, -0.05) is 26.8 Å². The van der Waals surface area contributed by atoms with Crippen molar-refractivity contribution in [2.75, 3.05) is 0 Å². The average Bonchev–Trinajstić information content (AvgIpc) is 1.99. The van der Waals surface area contributed by atoms with E-state index in [4.69, 9.17) is 4.74 Å². The van der Waals surface area contributed by atoms with Gasteiger partial charge in [-0.3, -0.25) is 0 Å². The van der Waals surface area contributed by atoms with Crippen LogP contribution in [0.15, 0.2) is 12.2 Å². The van der Waals surface area contributed by atoms with Crippen molar-refractivity contribution in [2.45, 2.75) is 53.1 Å². The Labute approximate surface area is 92.7 Å². The molecular formula is C13H22O2. The molecule has 2 unspecified atom stereocenters. The van der Waals surface area contributed by atoms with E-state index in [9.17, 15) is 4.79 Å². The maximum Gasteiger partial charge on any atom is 0.330 e. The molecule has 2 nitrogen and oxygen atoms in total. The van der Waals surface area contributed by atoms with E-state index in [-0.39, 0.29) is 12.1 Å². The fourth-order valence-electron chi connectivity index (χ4n) is 2.69. The van der Waals surface area contributed by atoms with Gasteiger partial charge in [0.05, 0.1) is 0 Å². The lowest BCUT2D eigenvalue weighted by molar-refractivity contribution is -0.147. The highest BCUT2D eigenvalue weighted by Gasteiger charge is 2.33. The minimum absolute atomic E-state index is 0.104. The first kappa shape index (κ1) is 12.3.